The minimum Gasteiger partial charge on any atom is -0.480 e. The largest absolute Gasteiger partial charge is 0.480 e. The summed E-state index contributed by atoms with van der Waals surface area (Å²) in [6.07, 6.45) is 3.14. The third-order valence-corrected chi connectivity index (χ3v) is 2.33. The van der Waals surface area contributed by atoms with E-state index in [1.807, 2.05) is 22.9 Å². The molecule has 2 rings (SSSR count). The second-order valence-corrected chi connectivity index (χ2v) is 3.85. The Kier molecular flexibility index (Phi) is 5.38. The molecule has 1 unspecified atom stereocenters. The number of hydrogen-bond donors (Lipinski definition) is 2. The van der Waals surface area contributed by atoms with E-state index in [4.69, 9.17) is 9.84 Å². The molecule has 0 bridgehead atoms. The number of thiophene rings is 1. The van der Waals surface area contributed by atoms with Crippen LogP contribution in [-0.2, 0) is 9.53 Å². The van der Waals surface area contributed by atoms with E-state index in [1.54, 1.807) is 29.5 Å². The predicted molar refractivity (Wildman–Crippen MR) is 61.5 cm³/mol. The summed E-state index contributed by atoms with van der Waals surface area (Å²) in [7, 11) is 0. The van der Waals surface area contributed by atoms with E-state index in [9.17, 15) is 4.79 Å². The molecule has 16 heavy (non-hydrogen) atoms. The van der Waals surface area contributed by atoms with Crippen LogP contribution in [0.4, 0.5) is 0 Å². The lowest BCUT2D eigenvalue weighted by Gasteiger charge is -2.17. The van der Waals surface area contributed by atoms with Crippen LogP contribution in [0.2, 0.25) is 0 Å². The van der Waals surface area contributed by atoms with Crippen molar-refractivity contribution in [3.8, 4) is 0 Å². The van der Waals surface area contributed by atoms with Crippen LogP contribution in [0.5, 0.6) is 0 Å². The first kappa shape index (κ1) is 12.5. The van der Waals surface area contributed by atoms with Gasteiger partial charge >= 0.3 is 5.97 Å². The number of hydrogen-bond acceptors (Lipinski definition) is 5. The molecule has 1 atom stereocenters. The fraction of sp³-hybridized carbons (Fsp3) is 0.300. The number of hydrazine groups is 1. The quantitative estimate of drug-likeness (QED) is 0.840. The van der Waals surface area contributed by atoms with Gasteiger partial charge < -0.3 is 9.84 Å². The highest BCUT2D eigenvalue weighted by Crippen LogP contribution is 1.97. The Balaban J connectivity index is 0.000000212. The molecule has 1 aromatic rings. The summed E-state index contributed by atoms with van der Waals surface area (Å²) < 4.78 is 4.83. The molecule has 1 aliphatic rings. The number of ether oxygens (including phenoxy) is 1. The van der Waals surface area contributed by atoms with Gasteiger partial charge in [-0.1, -0.05) is 12.1 Å². The van der Waals surface area contributed by atoms with E-state index in [2.05, 4.69) is 5.43 Å². The molecule has 0 amide bonds. The van der Waals surface area contributed by atoms with Crippen molar-refractivity contribution in [2.24, 2.45) is 0 Å². The molecule has 1 aromatic heterocycles. The van der Waals surface area contributed by atoms with Crippen molar-refractivity contribution in [3.63, 3.8) is 0 Å². The summed E-state index contributed by atoms with van der Waals surface area (Å²) in [5.41, 5.74) is 2.70. The van der Waals surface area contributed by atoms with Crippen LogP contribution in [0, 0.1) is 0 Å². The summed E-state index contributed by atoms with van der Waals surface area (Å²) in [5, 5.41) is 14.1. The summed E-state index contributed by atoms with van der Waals surface area (Å²) in [5.74, 6) is -0.884. The second kappa shape index (κ2) is 6.86. The Labute approximate surface area is 97.9 Å². The third-order valence-electron chi connectivity index (χ3n) is 1.71. The van der Waals surface area contributed by atoms with Gasteiger partial charge in [0.1, 0.15) is 12.3 Å². The van der Waals surface area contributed by atoms with Crippen LogP contribution in [0.25, 0.3) is 0 Å². The van der Waals surface area contributed by atoms with Crippen LogP contribution in [0.3, 0.4) is 0 Å². The van der Waals surface area contributed by atoms with Crippen molar-refractivity contribution in [1.29, 1.82) is 0 Å². The van der Waals surface area contributed by atoms with Crippen LogP contribution < -0.4 is 5.43 Å². The monoisotopic (exact) mass is 242 g/mol. The summed E-state index contributed by atoms with van der Waals surface area (Å²) in [6, 6.07) is 3.44. The average molecular weight is 242 g/mol. The van der Waals surface area contributed by atoms with E-state index in [0.717, 1.165) is 0 Å². The molecule has 0 radical (unpaired) electrons. The van der Waals surface area contributed by atoms with Gasteiger partial charge in [-0.15, -0.1) is 0 Å². The van der Waals surface area contributed by atoms with Gasteiger partial charge in [0.2, 0.25) is 0 Å². The smallest absolute Gasteiger partial charge is 0.322 e. The number of carbonyl (C=O) groups is 1. The van der Waals surface area contributed by atoms with Crippen molar-refractivity contribution >= 4 is 17.3 Å². The topological polar surface area (TPSA) is 61.8 Å². The van der Waals surface area contributed by atoms with E-state index in [0.29, 0.717) is 6.73 Å². The zero-order valence-corrected chi connectivity index (χ0v) is 9.68. The molecule has 5 nitrogen and oxygen atoms in total. The van der Waals surface area contributed by atoms with Crippen molar-refractivity contribution < 1.29 is 14.6 Å². The number of nitrogens with zero attached hydrogens (tertiary/aromatic N) is 1. The Morgan fingerprint density at radius 1 is 1.56 bits per heavy atom. The molecule has 1 aliphatic heterocycles. The minimum absolute atomic E-state index is 0.359. The standard InChI is InChI=1S/C6H10N2O3.C4H4S/c1-5(6(9)10)7-8-2-3-11-4-8;1-2-4-5-3-1/h2-3,5,7H,4H2,1H3,(H,9,10);1-4H. The number of carboxylic acids is 1. The maximum absolute atomic E-state index is 10.3. The summed E-state index contributed by atoms with van der Waals surface area (Å²) in [6.45, 7) is 1.92. The first-order valence-electron chi connectivity index (χ1n) is 4.71. The van der Waals surface area contributed by atoms with Crippen molar-refractivity contribution in [1.82, 2.24) is 10.4 Å². The molecule has 88 valence electrons. The molecule has 0 aliphatic carbocycles. The highest BCUT2D eigenvalue weighted by Gasteiger charge is 2.14. The number of carboxylic acid groups (broad SMARTS) is 1. The molecular formula is C10H14N2O3S. The minimum atomic E-state index is -0.884. The maximum atomic E-state index is 10.3. The van der Waals surface area contributed by atoms with Gasteiger partial charge in [-0.25, -0.2) is 5.43 Å². The number of aliphatic carboxylic acids is 1. The molecule has 2 heterocycles. The van der Waals surface area contributed by atoms with E-state index in [-0.39, 0.29) is 0 Å². The highest BCUT2D eigenvalue weighted by molar-refractivity contribution is 7.07. The van der Waals surface area contributed by atoms with Crippen molar-refractivity contribution in [2.45, 2.75) is 13.0 Å². The van der Waals surface area contributed by atoms with Gasteiger partial charge in [0.15, 0.2) is 6.73 Å². The Bertz CT molecular complexity index is 310. The molecular weight excluding hydrogens is 228 g/mol. The normalized spacial score (nSPS) is 14.9. The lowest BCUT2D eigenvalue weighted by Crippen LogP contribution is -2.43. The predicted octanol–water partition coefficient (Wildman–Crippen LogP) is 1.47. The van der Waals surface area contributed by atoms with Crippen molar-refractivity contribution in [2.75, 3.05) is 6.73 Å². The van der Waals surface area contributed by atoms with Gasteiger partial charge in [0, 0.05) is 0 Å². The van der Waals surface area contributed by atoms with E-state index >= 15 is 0 Å². The lowest BCUT2D eigenvalue weighted by molar-refractivity contribution is -0.140. The average Bonchev–Trinajstić information content (AvgIpc) is 2.92. The molecule has 0 saturated carbocycles. The zero-order chi connectivity index (χ0) is 11.8. The van der Waals surface area contributed by atoms with Gasteiger partial charge in [0.05, 0.1) is 6.20 Å². The molecule has 0 spiro atoms. The fourth-order valence-electron chi connectivity index (χ4n) is 0.894. The molecule has 0 saturated heterocycles. The van der Waals surface area contributed by atoms with Gasteiger partial charge in [0.25, 0.3) is 0 Å². The van der Waals surface area contributed by atoms with Crippen LogP contribution in [0.15, 0.2) is 35.4 Å². The van der Waals surface area contributed by atoms with Gasteiger partial charge in [-0.2, -0.15) is 11.3 Å². The van der Waals surface area contributed by atoms with Crippen LogP contribution >= 0.6 is 11.3 Å². The molecule has 0 fully saturated rings. The Hall–Kier alpha value is -1.53. The fourth-order valence-corrected chi connectivity index (χ4v) is 1.35. The maximum Gasteiger partial charge on any atom is 0.322 e. The van der Waals surface area contributed by atoms with Crippen LogP contribution in [-0.4, -0.2) is 28.9 Å². The number of rotatable bonds is 3. The second-order valence-electron chi connectivity index (χ2n) is 3.03. The Morgan fingerprint density at radius 3 is 2.62 bits per heavy atom. The first-order chi connectivity index (χ1) is 7.70. The third kappa shape index (κ3) is 4.81. The van der Waals surface area contributed by atoms with E-state index < -0.39 is 12.0 Å². The van der Waals surface area contributed by atoms with Crippen LogP contribution in [0.1, 0.15) is 6.92 Å². The highest BCUT2D eigenvalue weighted by atomic mass is 32.1. The van der Waals surface area contributed by atoms with Gasteiger partial charge in [-0.05, 0) is 17.7 Å². The zero-order valence-electron chi connectivity index (χ0n) is 8.87. The summed E-state index contributed by atoms with van der Waals surface area (Å²) in [4.78, 5) is 10.3. The SMILES string of the molecule is CC(NN1C=COC1)C(=O)O.c1ccsc1. The summed E-state index contributed by atoms with van der Waals surface area (Å²) >= 11 is 1.71. The number of nitrogens with one attached hydrogen (secondary N) is 1. The Morgan fingerprint density at radius 2 is 2.25 bits per heavy atom. The first-order valence-corrected chi connectivity index (χ1v) is 5.65. The van der Waals surface area contributed by atoms with E-state index in [1.165, 1.54) is 6.26 Å². The molecule has 0 aromatic carbocycles. The molecule has 6 heteroatoms. The lowest BCUT2D eigenvalue weighted by atomic mass is 10.4. The van der Waals surface area contributed by atoms with Crippen molar-refractivity contribution in [3.05, 3.63) is 35.4 Å². The molecule has 2 N–H and O–H groups in total. The van der Waals surface area contributed by atoms with Gasteiger partial charge in [-0.3, -0.25) is 9.80 Å².